The van der Waals surface area contributed by atoms with E-state index in [1.54, 1.807) is 36.4 Å². The van der Waals surface area contributed by atoms with E-state index in [2.05, 4.69) is 0 Å². The molecule has 1 aliphatic heterocycles. The van der Waals surface area contributed by atoms with Crippen molar-refractivity contribution in [3.63, 3.8) is 0 Å². The average molecular weight is 492 g/mol. The van der Waals surface area contributed by atoms with Crippen molar-refractivity contribution in [3.05, 3.63) is 89.2 Å². The molecule has 0 fully saturated rings. The molecule has 3 aromatic rings. The van der Waals surface area contributed by atoms with Gasteiger partial charge >= 0.3 is 5.97 Å². The summed E-state index contributed by atoms with van der Waals surface area (Å²) in [6.07, 6.45) is -0.595. The number of halogens is 1. The van der Waals surface area contributed by atoms with Crippen molar-refractivity contribution in [3.8, 4) is 16.9 Å². The maximum Gasteiger partial charge on any atom is 0.309 e. The highest BCUT2D eigenvalue weighted by atomic mass is 19.1. The van der Waals surface area contributed by atoms with Gasteiger partial charge in [0.25, 0.3) is 11.8 Å². The Morgan fingerprint density at radius 3 is 2.11 bits per heavy atom. The molecule has 0 saturated heterocycles. The molecular formula is C28H26FNO6. The Morgan fingerprint density at radius 2 is 1.56 bits per heavy atom. The number of carbonyl (C=O) groups excluding carboxylic acids is 2. The van der Waals surface area contributed by atoms with Gasteiger partial charge in [0.2, 0.25) is 0 Å². The predicted octanol–water partition coefficient (Wildman–Crippen LogP) is 4.18. The Bertz CT molecular complexity index is 1250. The maximum atomic E-state index is 14.0. The monoisotopic (exact) mass is 491 g/mol. The van der Waals surface area contributed by atoms with Gasteiger partial charge in [0.1, 0.15) is 0 Å². The Kier molecular flexibility index (Phi) is 7.45. The minimum absolute atomic E-state index is 0.0516. The first-order valence-electron chi connectivity index (χ1n) is 11.6. The lowest BCUT2D eigenvalue weighted by molar-refractivity contribution is -0.146. The summed E-state index contributed by atoms with van der Waals surface area (Å²) >= 11 is 0. The highest BCUT2D eigenvalue weighted by Crippen LogP contribution is 2.27. The molecule has 1 aliphatic rings. The number of hydrogen-bond acceptors (Lipinski definition) is 5. The summed E-state index contributed by atoms with van der Waals surface area (Å²) in [6, 6.07) is 18.5. The molecule has 0 aliphatic carbocycles. The molecule has 8 heteroatoms. The van der Waals surface area contributed by atoms with E-state index in [4.69, 9.17) is 4.74 Å². The van der Waals surface area contributed by atoms with Gasteiger partial charge in [-0.1, -0.05) is 42.5 Å². The molecule has 7 nitrogen and oxygen atoms in total. The number of carboxylic acids is 1. The first kappa shape index (κ1) is 25.1. The molecule has 2 amide bonds. The number of fused-ring (bicyclic) bond motifs is 1. The van der Waals surface area contributed by atoms with Crippen molar-refractivity contribution < 1.29 is 33.7 Å². The van der Waals surface area contributed by atoms with Gasteiger partial charge in [-0.15, -0.1) is 0 Å². The van der Waals surface area contributed by atoms with Gasteiger partial charge < -0.3 is 14.9 Å². The first-order chi connectivity index (χ1) is 17.3. The number of aliphatic hydroxyl groups excluding tert-OH is 1. The van der Waals surface area contributed by atoms with Crippen LogP contribution in [0.5, 0.6) is 5.75 Å². The lowest BCUT2D eigenvalue weighted by atomic mass is 9.93. The Hall–Kier alpha value is -4.04. The van der Waals surface area contributed by atoms with Gasteiger partial charge in [-0.2, -0.15) is 0 Å². The topological polar surface area (TPSA) is 104 Å². The Labute approximate surface area is 207 Å². The second-order valence-electron chi connectivity index (χ2n) is 8.69. The van der Waals surface area contributed by atoms with E-state index in [0.29, 0.717) is 23.1 Å². The van der Waals surface area contributed by atoms with Gasteiger partial charge in [0.05, 0.1) is 30.3 Å². The number of carbonyl (C=O) groups is 3. The van der Waals surface area contributed by atoms with Crippen LogP contribution in [0.2, 0.25) is 0 Å². The average Bonchev–Trinajstić information content (AvgIpc) is 3.12. The van der Waals surface area contributed by atoms with Gasteiger partial charge in [0, 0.05) is 6.54 Å². The van der Waals surface area contributed by atoms with E-state index in [1.807, 2.05) is 24.3 Å². The number of nitrogens with zero attached hydrogens (tertiary/aromatic N) is 1. The van der Waals surface area contributed by atoms with Crippen molar-refractivity contribution in [2.24, 2.45) is 5.92 Å². The molecule has 4 rings (SSSR count). The highest BCUT2D eigenvalue weighted by molar-refractivity contribution is 6.21. The summed E-state index contributed by atoms with van der Waals surface area (Å²) in [5.41, 5.74) is 2.99. The number of aliphatic hydroxyl groups is 1. The van der Waals surface area contributed by atoms with Crippen molar-refractivity contribution >= 4 is 17.8 Å². The molecule has 0 spiro atoms. The number of aryl methyl sites for hydroxylation is 1. The van der Waals surface area contributed by atoms with E-state index in [-0.39, 0.29) is 25.1 Å². The molecule has 0 saturated carbocycles. The van der Waals surface area contributed by atoms with Gasteiger partial charge in [-0.05, 0) is 60.2 Å². The van der Waals surface area contributed by atoms with Crippen LogP contribution in [0.1, 0.15) is 39.1 Å². The number of methoxy groups -OCH3 is 1. The van der Waals surface area contributed by atoms with Crippen LogP contribution in [0, 0.1) is 11.7 Å². The van der Waals surface area contributed by atoms with Crippen molar-refractivity contribution in [1.29, 1.82) is 0 Å². The number of hydrogen-bond donors (Lipinski definition) is 2. The summed E-state index contributed by atoms with van der Waals surface area (Å²) in [5, 5.41) is 20.3. The number of aliphatic carboxylic acids is 1. The van der Waals surface area contributed by atoms with Crippen LogP contribution in [-0.2, 0) is 11.2 Å². The van der Waals surface area contributed by atoms with Gasteiger partial charge in [-0.25, -0.2) is 4.39 Å². The van der Waals surface area contributed by atoms with Gasteiger partial charge in [-0.3, -0.25) is 19.3 Å². The molecule has 0 aromatic heterocycles. The minimum Gasteiger partial charge on any atom is -0.494 e. The highest BCUT2D eigenvalue weighted by Gasteiger charge is 2.36. The molecule has 2 N–H and O–H groups in total. The van der Waals surface area contributed by atoms with Crippen LogP contribution in [0.3, 0.4) is 0 Å². The third-order valence-corrected chi connectivity index (χ3v) is 6.49. The zero-order valence-corrected chi connectivity index (χ0v) is 19.7. The van der Waals surface area contributed by atoms with Gasteiger partial charge in [0.15, 0.2) is 11.6 Å². The molecule has 36 heavy (non-hydrogen) atoms. The third-order valence-electron chi connectivity index (χ3n) is 6.49. The lowest BCUT2D eigenvalue weighted by Crippen LogP contribution is -2.36. The molecule has 0 bridgehead atoms. The minimum atomic E-state index is -1.18. The van der Waals surface area contributed by atoms with Crippen molar-refractivity contribution in [2.75, 3.05) is 13.7 Å². The van der Waals surface area contributed by atoms with Crippen LogP contribution in [-0.4, -0.2) is 52.7 Å². The zero-order valence-electron chi connectivity index (χ0n) is 19.7. The zero-order chi connectivity index (χ0) is 25.8. The number of amides is 2. The molecule has 0 radical (unpaired) electrons. The second kappa shape index (κ2) is 10.7. The Balaban J connectivity index is 1.35. The number of carboxylic acid groups (broad SMARTS) is 1. The maximum absolute atomic E-state index is 14.0. The first-order valence-corrected chi connectivity index (χ1v) is 11.6. The standard InChI is InChI=1S/C28H26FNO6/c1-36-25-13-11-19(16-23(25)29)18-9-6-17(7-10-18)8-12-24(31)22(28(34)35)14-15-30-26(32)20-4-2-3-5-21(20)27(30)33/h2-7,9-11,13,16,22,24,31H,8,12,14-15H2,1H3,(H,34,35)/t22-,24-/m1/s1. The van der Waals surface area contributed by atoms with Crippen LogP contribution < -0.4 is 4.74 Å². The van der Waals surface area contributed by atoms with E-state index in [9.17, 15) is 29.0 Å². The fourth-order valence-corrected chi connectivity index (χ4v) is 4.42. The number of imide groups is 1. The summed E-state index contributed by atoms with van der Waals surface area (Å²) in [5.74, 6) is -3.51. The molecular weight excluding hydrogens is 465 g/mol. The molecule has 3 aromatic carbocycles. The predicted molar refractivity (Wildman–Crippen MR) is 130 cm³/mol. The summed E-state index contributed by atoms with van der Waals surface area (Å²) in [6.45, 7) is -0.0898. The van der Waals surface area contributed by atoms with E-state index < -0.39 is 35.6 Å². The Morgan fingerprint density at radius 1 is 0.944 bits per heavy atom. The van der Waals surface area contributed by atoms with Crippen LogP contribution in [0.25, 0.3) is 11.1 Å². The molecule has 186 valence electrons. The van der Waals surface area contributed by atoms with Crippen LogP contribution in [0.15, 0.2) is 66.7 Å². The third kappa shape index (κ3) is 5.13. The number of benzene rings is 3. The van der Waals surface area contributed by atoms with Crippen LogP contribution >= 0.6 is 0 Å². The molecule has 2 atom stereocenters. The summed E-state index contributed by atoms with van der Waals surface area (Å²) < 4.78 is 18.9. The SMILES string of the molecule is COc1ccc(-c2ccc(CC[C@@H](O)[C@@H](CCN3C(=O)c4ccccc4C3=O)C(=O)O)cc2)cc1F. The molecule has 1 heterocycles. The fourth-order valence-electron chi connectivity index (χ4n) is 4.42. The lowest BCUT2D eigenvalue weighted by Gasteiger charge is -2.22. The fraction of sp³-hybridized carbons (Fsp3) is 0.250. The number of rotatable bonds is 10. The second-order valence-corrected chi connectivity index (χ2v) is 8.69. The number of ether oxygens (including phenoxy) is 1. The van der Waals surface area contributed by atoms with Crippen molar-refractivity contribution in [2.45, 2.75) is 25.4 Å². The van der Waals surface area contributed by atoms with E-state index in [1.165, 1.54) is 13.2 Å². The largest absolute Gasteiger partial charge is 0.494 e. The summed E-state index contributed by atoms with van der Waals surface area (Å²) in [4.78, 5) is 37.9. The molecule has 0 unspecified atom stereocenters. The smallest absolute Gasteiger partial charge is 0.309 e. The van der Waals surface area contributed by atoms with E-state index >= 15 is 0 Å². The van der Waals surface area contributed by atoms with E-state index in [0.717, 1.165) is 16.0 Å². The van der Waals surface area contributed by atoms with Crippen LogP contribution in [0.4, 0.5) is 4.39 Å². The van der Waals surface area contributed by atoms with Crippen molar-refractivity contribution in [1.82, 2.24) is 4.90 Å². The summed E-state index contributed by atoms with van der Waals surface area (Å²) in [7, 11) is 1.40. The normalized spacial score (nSPS) is 14.5. The quantitative estimate of drug-likeness (QED) is 0.413.